The van der Waals surface area contributed by atoms with E-state index in [4.69, 9.17) is 4.42 Å². The zero-order valence-corrected chi connectivity index (χ0v) is 32.5. The molecule has 0 radical (unpaired) electrons. The predicted molar refractivity (Wildman–Crippen MR) is 201 cm³/mol. The zero-order chi connectivity index (χ0) is 41.9. The molecule has 0 aliphatic carbocycles. The number of oxazole rings is 1. The van der Waals surface area contributed by atoms with Crippen LogP contribution >= 0.6 is 0 Å². The second-order valence-electron chi connectivity index (χ2n) is 14.3. The molecule has 14 nitrogen and oxygen atoms in total. The van der Waals surface area contributed by atoms with Gasteiger partial charge >= 0.3 is 17.9 Å². The zero-order valence-electron chi connectivity index (χ0n) is 31.7. The molecule has 0 fully saturated rings. The van der Waals surface area contributed by atoms with Gasteiger partial charge in [-0.15, -0.1) is 0 Å². The van der Waals surface area contributed by atoms with Crippen LogP contribution in [0.2, 0.25) is 0 Å². The summed E-state index contributed by atoms with van der Waals surface area (Å²) in [5, 5.41) is 16.5. The second-order valence-corrected chi connectivity index (χ2v) is 15.7. The molecule has 3 aromatic carbocycles. The molecule has 298 valence electrons. The lowest BCUT2D eigenvalue weighted by Crippen LogP contribution is -2.40. The molecule has 1 unspecified atom stereocenters. The SMILES string of the molecule is Cc1c(-c2ccnn2-c2ccc(C#N)cc2)n(C(=O)NC(c2ncc(C[N+](C)(C)C)o2)C(C)C)c(=O)n1-c1cccc(C(F)(F)F)c1.O=S(=O)([O-])c1ccccc1. The van der Waals surface area contributed by atoms with Crippen LogP contribution in [0.1, 0.15) is 48.4 Å². The van der Waals surface area contributed by atoms with Crippen molar-refractivity contribution in [3.05, 3.63) is 136 Å². The van der Waals surface area contributed by atoms with Crippen LogP contribution in [0.4, 0.5) is 18.0 Å². The van der Waals surface area contributed by atoms with Crippen molar-refractivity contribution in [2.75, 3.05) is 21.1 Å². The monoisotopic (exact) mass is 804 g/mol. The highest BCUT2D eigenvalue weighted by atomic mass is 32.2. The highest BCUT2D eigenvalue weighted by molar-refractivity contribution is 7.85. The summed E-state index contributed by atoms with van der Waals surface area (Å²) in [6.07, 6.45) is -1.58. The van der Waals surface area contributed by atoms with Crippen LogP contribution < -0.4 is 11.0 Å². The number of carbonyl (C=O) groups is 1. The maximum atomic E-state index is 14.2. The Labute approximate surface area is 326 Å². The van der Waals surface area contributed by atoms with Gasteiger partial charge in [0.1, 0.15) is 28.4 Å². The number of halogens is 3. The Bertz CT molecular complexity index is 2580. The molecule has 0 saturated carbocycles. The van der Waals surface area contributed by atoms with E-state index >= 15 is 0 Å². The van der Waals surface area contributed by atoms with Crippen molar-refractivity contribution in [3.63, 3.8) is 0 Å². The molecule has 3 heterocycles. The van der Waals surface area contributed by atoms with Crippen molar-refractivity contribution in [2.45, 2.75) is 44.4 Å². The van der Waals surface area contributed by atoms with Crippen molar-refractivity contribution in [1.82, 2.24) is 29.2 Å². The van der Waals surface area contributed by atoms with Crippen LogP contribution in [0.15, 0.2) is 111 Å². The highest BCUT2D eigenvalue weighted by Crippen LogP contribution is 2.32. The minimum Gasteiger partial charge on any atom is -0.744 e. The fraction of sp³-hybridized carbons (Fsp3) is 0.256. The van der Waals surface area contributed by atoms with Crippen molar-refractivity contribution in [2.24, 2.45) is 5.92 Å². The number of carbonyl (C=O) groups excluding carboxylic acids is 1. The van der Waals surface area contributed by atoms with Crippen LogP contribution in [-0.4, -0.2) is 68.5 Å². The van der Waals surface area contributed by atoms with Gasteiger partial charge in [0.15, 0.2) is 5.76 Å². The van der Waals surface area contributed by atoms with Gasteiger partial charge in [-0.3, -0.25) is 4.57 Å². The summed E-state index contributed by atoms with van der Waals surface area (Å²) in [6.45, 7) is 5.81. The molecule has 57 heavy (non-hydrogen) atoms. The predicted octanol–water partition coefficient (Wildman–Crippen LogP) is 6.43. The van der Waals surface area contributed by atoms with E-state index in [2.05, 4.69) is 21.5 Å². The first-order chi connectivity index (χ1) is 26.7. The molecule has 0 aliphatic heterocycles. The normalized spacial score (nSPS) is 12.5. The standard InChI is InChI=1S/C33H33F3N8O3.C6H6O3S/c1-20(2)28(30-38-18-26(47-30)19-44(4,5)6)40-31(45)42-29(27-14-15-39-43(27)24-12-10-22(17-37)11-13-24)21(3)41(32(42)46)25-9-7-8-23(16-25)33(34,35)36;7-10(8,9)6-4-2-1-3-5-6/h7-16,18,20,28H,19H2,1-6H3;1-5H,(H,7,8,9). The minimum atomic E-state index is -4.66. The number of hydrogen-bond acceptors (Lipinski definition) is 9. The number of benzene rings is 3. The van der Waals surface area contributed by atoms with Gasteiger partial charge in [0, 0.05) is 0 Å². The van der Waals surface area contributed by atoms with Gasteiger partial charge in [-0.05, 0) is 73.5 Å². The Morgan fingerprint density at radius 3 is 2.23 bits per heavy atom. The van der Waals surface area contributed by atoms with E-state index < -0.39 is 39.6 Å². The van der Waals surface area contributed by atoms with Gasteiger partial charge in [-0.2, -0.15) is 23.5 Å². The lowest BCUT2D eigenvalue weighted by Gasteiger charge is -2.22. The van der Waals surface area contributed by atoms with Crippen molar-refractivity contribution in [3.8, 4) is 28.8 Å². The lowest BCUT2D eigenvalue weighted by atomic mass is 10.0. The van der Waals surface area contributed by atoms with Crippen LogP contribution in [0.25, 0.3) is 22.8 Å². The molecule has 1 atom stereocenters. The highest BCUT2D eigenvalue weighted by Gasteiger charge is 2.33. The van der Waals surface area contributed by atoms with E-state index in [-0.39, 0.29) is 33.8 Å². The summed E-state index contributed by atoms with van der Waals surface area (Å²) in [5.41, 5.74) is -0.348. The molecule has 0 bridgehead atoms. The Balaban J connectivity index is 0.000000540. The number of amides is 1. The van der Waals surface area contributed by atoms with Crippen molar-refractivity contribution < 1.29 is 39.8 Å². The summed E-state index contributed by atoms with van der Waals surface area (Å²) in [5.74, 6) is 0.649. The molecule has 1 amide bonds. The largest absolute Gasteiger partial charge is 0.744 e. The summed E-state index contributed by atoms with van der Waals surface area (Å²) >= 11 is 0. The van der Waals surface area contributed by atoms with E-state index in [1.165, 1.54) is 47.3 Å². The summed E-state index contributed by atoms with van der Waals surface area (Å²) in [7, 11) is 1.74. The molecule has 18 heteroatoms. The topological polar surface area (TPSA) is 181 Å². The number of hydrogen-bond donors (Lipinski definition) is 1. The number of nitrogens with one attached hydrogen (secondary N) is 1. The summed E-state index contributed by atoms with van der Waals surface area (Å²) < 4.78 is 81.9. The third kappa shape index (κ3) is 9.75. The maximum absolute atomic E-state index is 14.2. The molecule has 1 N–H and O–H groups in total. The molecule has 6 rings (SSSR count). The van der Waals surface area contributed by atoms with Gasteiger partial charge in [-0.25, -0.2) is 32.2 Å². The fourth-order valence-electron chi connectivity index (χ4n) is 5.89. The van der Waals surface area contributed by atoms with E-state index in [9.17, 15) is 41.0 Å². The third-order valence-corrected chi connectivity index (χ3v) is 9.34. The summed E-state index contributed by atoms with van der Waals surface area (Å²) in [4.78, 5) is 32.6. The van der Waals surface area contributed by atoms with Gasteiger partial charge < -0.3 is 18.8 Å². The molecule has 0 aliphatic rings. The quantitative estimate of drug-likeness (QED) is 0.127. The number of nitrogens with zero attached hydrogens (tertiary/aromatic N) is 7. The Morgan fingerprint density at radius 1 is 1.00 bits per heavy atom. The Kier molecular flexibility index (Phi) is 12.1. The molecule has 0 spiro atoms. The fourth-order valence-corrected chi connectivity index (χ4v) is 6.38. The van der Waals surface area contributed by atoms with E-state index in [1.807, 2.05) is 35.0 Å². The number of nitriles is 1. The second kappa shape index (κ2) is 16.4. The van der Waals surface area contributed by atoms with E-state index in [1.54, 1.807) is 49.5 Å². The minimum absolute atomic E-state index is 0.0716. The first-order valence-electron chi connectivity index (χ1n) is 17.3. The number of imidazole rings is 1. The summed E-state index contributed by atoms with van der Waals surface area (Å²) in [6, 6.07) is 20.1. The van der Waals surface area contributed by atoms with Crippen LogP contribution in [0.5, 0.6) is 0 Å². The Morgan fingerprint density at radius 2 is 1.67 bits per heavy atom. The third-order valence-electron chi connectivity index (χ3n) is 8.49. The van der Waals surface area contributed by atoms with E-state index in [0.29, 0.717) is 33.7 Å². The van der Waals surface area contributed by atoms with Crippen LogP contribution in [0, 0.1) is 24.2 Å². The van der Waals surface area contributed by atoms with Crippen LogP contribution in [0.3, 0.4) is 0 Å². The molecular weight excluding hydrogens is 766 g/mol. The van der Waals surface area contributed by atoms with Crippen molar-refractivity contribution in [1.29, 1.82) is 5.26 Å². The molecular formula is C39H39F3N8O6S. The smallest absolute Gasteiger partial charge is 0.416 e. The number of alkyl halides is 3. The van der Waals surface area contributed by atoms with E-state index in [0.717, 1.165) is 21.3 Å². The Hall–Kier alpha value is -6.29. The van der Waals surface area contributed by atoms with Gasteiger partial charge in [-0.1, -0.05) is 38.1 Å². The molecule has 6 aromatic rings. The first-order valence-corrected chi connectivity index (χ1v) is 18.7. The number of rotatable bonds is 9. The van der Waals surface area contributed by atoms with Crippen molar-refractivity contribution >= 4 is 16.1 Å². The first kappa shape index (κ1) is 41.9. The van der Waals surface area contributed by atoms with Gasteiger partial charge in [0.2, 0.25) is 5.89 Å². The molecule has 3 aromatic heterocycles. The number of aromatic nitrogens is 5. The average Bonchev–Trinajstić information content (AvgIpc) is 3.87. The van der Waals surface area contributed by atoms with Gasteiger partial charge in [0.05, 0.1) is 78.4 Å². The molecule has 0 saturated heterocycles. The number of quaternary nitrogens is 1. The average molecular weight is 805 g/mol. The lowest BCUT2D eigenvalue weighted by molar-refractivity contribution is -0.884. The van der Waals surface area contributed by atoms with Crippen LogP contribution in [-0.2, 0) is 22.8 Å². The maximum Gasteiger partial charge on any atom is 0.416 e. The van der Waals surface area contributed by atoms with Gasteiger partial charge in [0.25, 0.3) is 0 Å².